The predicted octanol–water partition coefficient (Wildman–Crippen LogP) is 3.35. The Balaban J connectivity index is 2.25. The Bertz CT molecular complexity index is 602. The van der Waals surface area contributed by atoms with Gasteiger partial charge in [0.15, 0.2) is 11.6 Å². The fourth-order valence-electron chi connectivity index (χ4n) is 1.34. The Hall–Kier alpha value is -1.78. The summed E-state index contributed by atoms with van der Waals surface area (Å²) in [6, 6.07) is 7.50. The molecule has 1 aromatic carbocycles. The number of nitrogens with zero attached hydrogens (tertiary/aromatic N) is 1. The number of benzene rings is 1. The average molecular weight is 283 g/mol. The van der Waals surface area contributed by atoms with Crippen LogP contribution in [0.4, 0.5) is 5.82 Å². The second-order valence-corrected chi connectivity index (χ2v) is 4.29. The fraction of sp³-hybridized carbons (Fsp3) is 0. The van der Waals surface area contributed by atoms with E-state index in [0.29, 0.717) is 5.02 Å². The molecule has 18 heavy (non-hydrogen) atoms. The van der Waals surface area contributed by atoms with Gasteiger partial charge in [0.05, 0.1) is 10.6 Å². The molecule has 1 amide bonds. The van der Waals surface area contributed by atoms with E-state index in [0.717, 1.165) is 0 Å². The van der Waals surface area contributed by atoms with Gasteiger partial charge in [-0.15, -0.1) is 0 Å². The summed E-state index contributed by atoms with van der Waals surface area (Å²) in [5.41, 5.74) is 0.256. The quantitative estimate of drug-likeness (QED) is 0.888. The topological polar surface area (TPSA) is 62.2 Å². The van der Waals surface area contributed by atoms with E-state index in [1.165, 1.54) is 24.4 Å². The van der Waals surface area contributed by atoms with Gasteiger partial charge in [-0.05, 0) is 30.3 Å². The van der Waals surface area contributed by atoms with Crippen LogP contribution in [0.5, 0.6) is 5.75 Å². The van der Waals surface area contributed by atoms with Gasteiger partial charge in [-0.3, -0.25) is 4.79 Å². The summed E-state index contributed by atoms with van der Waals surface area (Å²) in [7, 11) is 0. The monoisotopic (exact) mass is 282 g/mol. The van der Waals surface area contributed by atoms with Crippen molar-refractivity contribution in [2.75, 3.05) is 5.32 Å². The molecule has 0 atom stereocenters. The molecule has 1 heterocycles. The molecule has 0 spiro atoms. The molecule has 2 rings (SSSR count). The maximum Gasteiger partial charge on any atom is 0.258 e. The number of hydrogen-bond acceptors (Lipinski definition) is 3. The zero-order valence-electron chi connectivity index (χ0n) is 9.02. The first kappa shape index (κ1) is 12.7. The first-order chi connectivity index (χ1) is 8.58. The van der Waals surface area contributed by atoms with Gasteiger partial charge in [-0.25, -0.2) is 4.98 Å². The molecule has 0 aliphatic heterocycles. The van der Waals surface area contributed by atoms with Crippen LogP contribution in [-0.2, 0) is 0 Å². The van der Waals surface area contributed by atoms with Crippen molar-refractivity contribution in [2.24, 2.45) is 0 Å². The second-order valence-electron chi connectivity index (χ2n) is 3.45. The normalized spacial score (nSPS) is 10.1. The molecule has 0 fully saturated rings. The fourth-order valence-corrected chi connectivity index (χ4v) is 1.84. The molecule has 0 bridgehead atoms. The van der Waals surface area contributed by atoms with E-state index in [9.17, 15) is 9.90 Å². The Labute approximate surface area is 113 Å². The Morgan fingerprint density at radius 3 is 2.72 bits per heavy atom. The molecule has 0 saturated heterocycles. The lowest BCUT2D eigenvalue weighted by molar-refractivity contribution is 0.102. The summed E-state index contributed by atoms with van der Waals surface area (Å²) in [6.45, 7) is 0. The van der Waals surface area contributed by atoms with Crippen LogP contribution >= 0.6 is 23.2 Å². The zero-order chi connectivity index (χ0) is 13.1. The maximum atomic E-state index is 11.9. The van der Waals surface area contributed by atoms with E-state index in [1.54, 1.807) is 12.1 Å². The molecule has 1 aromatic heterocycles. The van der Waals surface area contributed by atoms with Crippen molar-refractivity contribution in [3.05, 3.63) is 52.1 Å². The smallest absolute Gasteiger partial charge is 0.258 e. The minimum absolute atomic E-state index is 0.0773. The summed E-state index contributed by atoms with van der Waals surface area (Å²) < 4.78 is 0. The van der Waals surface area contributed by atoms with E-state index in [1.807, 2.05) is 0 Å². The molecule has 0 unspecified atom stereocenters. The first-order valence-corrected chi connectivity index (χ1v) is 5.74. The van der Waals surface area contributed by atoms with Crippen LogP contribution < -0.4 is 5.32 Å². The third-order valence-electron chi connectivity index (χ3n) is 2.19. The number of aromatic nitrogens is 1. The minimum atomic E-state index is -0.467. The van der Waals surface area contributed by atoms with Crippen LogP contribution in [0.25, 0.3) is 0 Å². The largest absolute Gasteiger partial charge is 0.504 e. The number of halogens is 2. The molecular formula is C12H8Cl2N2O2. The van der Waals surface area contributed by atoms with E-state index in [-0.39, 0.29) is 22.2 Å². The number of rotatable bonds is 2. The molecule has 2 N–H and O–H groups in total. The Morgan fingerprint density at radius 2 is 2.06 bits per heavy atom. The molecule has 4 nitrogen and oxygen atoms in total. The van der Waals surface area contributed by atoms with E-state index in [4.69, 9.17) is 23.2 Å². The highest BCUT2D eigenvalue weighted by Crippen LogP contribution is 2.23. The number of carbonyl (C=O) groups is 1. The third kappa shape index (κ3) is 2.72. The van der Waals surface area contributed by atoms with Gasteiger partial charge in [0.25, 0.3) is 5.91 Å². The van der Waals surface area contributed by atoms with Crippen molar-refractivity contribution in [3.8, 4) is 5.75 Å². The number of hydrogen-bond donors (Lipinski definition) is 2. The van der Waals surface area contributed by atoms with Gasteiger partial charge in [0.2, 0.25) is 0 Å². The standard InChI is InChI=1S/C12H8Cl2N2O2/c13-7-3-4-8(9(14)6-7)12(18)16-11-10(17)2-1-5-15-11/h1-6,17H,(H,15,16,18). The predicted molar refractivity (Wildman–Crippen MR) is 70.3 cm³/mol. The van der Waals surface area contributed by atoms with E-state index >= 15 is 0 Å². The Morgan fingerprint density at radius 1 is 1.28 bits per heavy atom. The summed E-state index contributed by atoms with van der Waals surface area (Å²) in [4.78, 5) is 15.7. The third-order valence-corrected chi connectivity index (χ3v) is 2.74. The highest BCUT2D eigenvalue weighted by molar-refractivity contribution is 6.37. The van der Waals surface area contributed by atoms with E-state index in [2.05, 4.69) is 10.3 Å². The van der Waals surface area contributed by atoms with Crippen LogP contribution in [0.15, 0.2) is 36.5 Å². The number of amides is 1. The van der Waals surface area contributed by atoms with Crippen LogP contribution in [0.2, 0.25) is 10.0 Å². The van der Waals surface area contributed by atoms with Crippen LogP contribution in [0, 0.1) is 0 Å². The highest BCUT2D eigenvalue weighted by Gasteiger charge is 2.13. The molecule has 0 radical (unpaired) electrons. The number of carbonyl (C=O) groups excluding carboxylic acids is 1. The minimum Gasteiger partial charge on any atom is -0.504 e. The lowest BCUT2D eigenvalue weighted by Crippen LogP contribution is -2.13. The molecule has 0 aliphatic rings. The lowest BCUT2D eigenvalue weighted by Gasteiger charge is -2.07. The van der Waals surface area contributed by atoms with Gasteiger partial charge in [-0.1, -0.05) is 23.2 Å². The first-order valence-electron chi connectivity index (χ1n) is 4.98. The van der Waals surface area contributed by atoms with Gasteiger partial charge in [0, 0.05) is 11.2 Å². The summed E-state index contributed by atoms with van der Waals surface area (Å²) in [6.07, 6.45) is 1.46. The van der Waals surface area contributed by atoms with Crippen LogP contribution in [-0.4, -0.2) is 16.0 Å². The SMILES string of the molecule is O=C(Nc1ncccc1O)c1ccc(Cl)cc1Cl. The van der Waals surface area contributed by atoms with Crippen molar-refractivity contribution in [3.63, 3.8) is 0 Å². The van der Waals surface area contributed by atoms with Crippen molar-refractivity contribution >= 4 is 34.9 Å². The summed E-state index contributed by atoms with van der Waals surface area (Å²) >= 11 is 11.6. The van der Waals surface area contributed by atoms with Gasteiger partial charge >= 0.3 is 0 Å². The molecule has 6 heteroatoms. The summed E-state index contributed by atoms with van der Waals surface area (Å²) in [5.74, 6) is -0.505. The molecule has 92 valence electrons. The molecular weight excluding hydrogens is 275 g/mol. The van der Waals surface area contributed by atoms with E-state index < -0.39 is 5.91 Å². The maximum absolute atomic E-state index is 11.9. The van der Waals surface area contributed by atoms with Crippen molar-refractivity contribution in [2.45, 2.75) is 0 Å². The molecule has 2 aromatic rings. The molecule has 0 aliphatic carbocycles. The van der Waals surface area contributed by atoms with Crippen LogP contribution in [0.3, 0.4) is 0 Å². The number of aromatic hydroxyl groups is 1. The van der Waals surface area contributed by atoms with Gasteiger partial charge in [0.1, 0.15) is 0 Å². The average Bonchev–Trinajstić information content (AvgIpc) is 2.32. The van der Waals surface area contributed by atoms with Crippen molar-refractivity contribution < 1.29 is 9.90 Å². The number of pyridine rings is 1. The zero-order valence-corrected chi connectivity index (χ0v) is 10.5. The number of nitrogens with one attached hydrogen (secondary N) is 1. The van der Waals surface area contributed by atoms with Crippen molar-refractivity contribution in [1.82, 2.24) is 4.98 Å². The second kappa shape index (κ2) is 5.25. The van der Waals surface area contributed by atoms with Gasteiger partial charge in [-0.2, -0.15) is 0 Å². The van der Waals surface area contributed by atoms with Gasteiger partial charge < -0.3 is 10.4 Å². The lowest BCUT2D eigenvalue weighted by atomic mass is 10.2. The highest BCUT2D eigenvalue weighted by atomic mass is 35.5. The summed E-state index contributed by atoms with van der Waals surface area (Å²) in [5, 5.41) is 12.6. The van der Waals surface area contributed by atoms with Crippen molar-refractivity contribution in [1.29, 1.82) is 0 Å². The number of anilines is 1. The van der Waals surface area contributed by atoms with Crippen LogP contribution in [0.1, 0.15) is 10.4 Å². The molecule has 0 saturated carbocycles. The Kier molecular flexibility index (Phi) is 3.69.